The molecule has 1 unspecified atom stereocenters. The Labute approximate surface area is 122 Å². The van der Waals surface area contributed by atoms with Gasteiger partial charge in [-0.05, 0) is 38.8 Å². The van der Waals surface area contributed by atoms with Crippen LogP contribution in [0.3, 0.4) is 0 Å². The highest BCUT2D eigenvalue weighted by Gasteiger charge is 2.34. The van der Waals surface area contributed by atoms with Gasteiger partial charge in [0.2, 0.25) is 5.91 Å². The van der Waals surface area contributed by atoms with Crippen LogP contribution in [0.1, 0.15) is 26.2 Å². The van der Waals surface area contributed by atoms with Crippen LogP contribution in [0.2, 0.25) is 0 Å². The fourth-order valence-electron chi connectivity index (χ4n) is 2.41. The number of nitrogens with zero attached hydrogens (tertiary/aromatic N) is 1. The number of carbonyl (C=O) groups is 1. The summed E-state index contributed by atoms with van der Waals surface area (Å²) in [7, 11) is 1.41. The Morgan fingerprint density at radius 2 is 2.24 bits per heavy atom. The number of piperidine rings is 1. The third-order valence-electron chi connectivity index (χ3n) is 3.76. The number of nitro groups is 1. The SMILES string of the molecule is COc1cc([N+](=O)[O-])ccc1NC(=O)C1(C)CCCCN1. The molecule has 21 heavy (non-hydrogen) atoms. The molecule has 2 N–H and O–H groups in total. The first-order valence-electron chi connectivity index (χ1n) is 6.85. The lowest BCUT2D eigenvalue weighted by Crippen LogP contribution is -2.54. The topological polar surface area (TPSA) is 93.5 Å². The smallest absolute Gasteiger partial charge is 0.273 e. The average Bonchev–Trinajstić information content (AvgIpc) is 2.48. The summed E-state index contributed by atoms with van der Waals surface area (Å²) in [5.74, 6) is 0.117. The van der Waals surface area contributed by atoms with E-state index in [9.17, 15) is 14.9 Å². The summed E-state index contributed by atoms with van der Waals surface area (Å²) in [4.78, 5) is 22.7. The van der Waals surface area contributed by atoms with Crippen molar-refractivity contribution in [2.75, 3.05) is 19.0 Å². The van der Waals surface area contributed by atoms with E-state index in [1.807, 2.05) is 6.92 Å². The van der Waals surface area contributed by atoms with E-state index in [4.69, 9.17) is 4.74 Å². The normalized spacial score (nSPS) is 21.6. The lowest BCUT2D eigenvalue weighted by atomic mass is 9.90. The van der Waals surface area contributed by atoms with Crippen LogP contribution in [-0.4, -0.2) is 30.0 Å². The Morgan fingerprint density at radius 3 is 2.81 bits per heavy atom. The molecular formula is C14H19N3O4. The van der Waals surface area contributed by atoms with Crippen molar-refractivity contribution in [1.29, 1.82) is 0 Å². The molecule has 114 valence electrons. The van der Waals surface area contributed by atoms with E-state index in [0.29, 0.717) is 5.69 Å². The van der Waals surface area contributed by atoms with Gasteiger partial charge in [0.1, 0.15) is 5.75 Å². The number of nitrogens with one attached hydrogen (secondary N) is 2. The Balaban J connectivity index is 2.18. The lowest BCUT2D eigenvalue weighted by molar-refractivity contribution is -0.384. The number of benzene rings is 1. The molecule has 1 aromatic rings. The van der Waals surface area contributed by atoms with Crippen molar-refractivity contribution in [3.8, 4) is 5.75 Å². The highest BCUT2D eigenvalue weighted by molar-refractivity contribution is 5.99. The zero-order valence-corrected chi connectivity index (χ0v) is 12.1. The Morgan fingerprint density at radius 1 is 1.48 bits per heavy atom. The standard InChI is InChI=1S/C14H19N3O4/c1-14(7-3-4-8-15-14)13(18)16-11-6-5-10(17(19)20)9-12(11)21-2/h5-6,9,15H,3-4,7-8H2,1-2H3,(H,16,18). The molecule has 1 atom stereocenters. The summed E-state index contributed by atoms with van der Waals surface area (Å²) in [5, 5.41) is 16.8. The molecule has 2 rings (SSSR count). The number of anilines is 1. The number of carbonyl (C=O) groups excluding carboxylic acids is 1. The first-order chi connectivity index (χ1) is 9.96. The second-order valence-electron chi connectivity index (χ2n) is 5.31. The molecule has 1 saturated heterocycles. The Bertz CT molecular complexity index is 553. The summed E-state index contributed by atoms with van der Waals surface area (Å²) in [6, 6.07) is 4.13. The molecule has 1 aliphatic rings. The van der Waals surface area contributed by atoms with Gasteiger partial charge in [0, 0.05) is 6.07 Å². The molecule has 1 amide bonds. The van der Waals surface area contributed by atoms with E-state index in [-0.39, 0.29) is 17.3 Å². The van der Waals surface area contributed by atoms with Crippen LogP contribution < -0.4 is 15.4 Å². The quantitative estimate of drug-likeness (QED) is 0.654. The van der Waals surface area contributed by atoms with Crippen LogP contribution in [0.15, 0.2) is 18.2 Å². The van der Waals surface area contributed by atoms with Crippen molar-refractivity contribution in [3.63, 3.8) is 0 Å². The average molecular weight is 293 g/mol. The van der Waals surface area contributed by atoms with Crippen LogP contribution in [0.4, 0.5) is 11.4 Å². The fourth-order valence-corrected chi connectivity index (χ4v) is 2.41. The van der Waals surface area contributed by atoms with Gasteiger partial charge in [-0.2, -0.15) is 0 Å². The second-order valence-corrected chi connectivity index (χ2v) is 5.31. The minimum atomic E-state index is -0.620. The maximum absolute atomic E-state index is 12.4. The number of methoxy groups -OCH3 is 1. The third kappa shape index (κ3) is 3.30. The predicted octanol–water partition coefficient (Wildman–Crippen LogP) is 2.07. The lowest BCUT2D eigenvalue weighted by Gasteiger charge is -2.33. The molecule has 0 radical (unpaired) electrons. The van der Waals surface area contributed by atoms with Gasteiger partial charge in [-0.1, -0.05) is 0 Å². The van der Waals surface area contributed by atoms with E-state index in [0.717, 1.165) is 25.8 Å². The fraction of sp³-hybridized carbons (Fsp3) is 0.500. The Kier molecular flexibility index (Phi) is 4.42. The van der Waals surface area contributed by atoms with E-state index in [2.05, 4.69) is 10.6 Å². The molecule has 1 aromatic carbocycles. The van der Waals surface area contributed by atoms with Crippen LogP contribution in [0.25, 0.3) is 0 Å². The summed E-state index contributed by atoms with van der Waals surface area (Å²) < 4.78 is 5.12. The van der Waals surface area contributed by atoms with Gasteiger partial charge >= 0.3 is 0 Å². The summed E-state index contributed by atoms with van der Waals surface area (Å²) in [6.45, 7) is 2.67. The summed E-state index contributed by atoms with van der Waals surface area (Å²) >= 11 is 0. The van der Waals surface area contributed by atoms with Crippen LogP contribution in [0.5, 0.6) is 5.75 Å². The number of amides is 1. The van der Waals surface area contributed by atoms with Gasteiger partial charge in [0.05, 0.1) is 29.3 Å². The minimum Gasteiger partial charge on any atom is -0.494 e. The molecule has 1 fully saturated rings. The maximum atomic E-state index is 12.4. The summed E-state index contributed by atoms with van der Waals surface area (Å²) in [5.41, 5.74) is -0.265. The van der Waals surface area contributed by atoms with E-state index < -0.39 is 10.5 Å². The number of hydrogen-bond donors (Lipinski definition) is 2. The largest absolute Gasteiger partial charge is 0.494 e. The van der Waals surface area contributed by atoms with E-state index in [1.54, 1.807) is 0 Å². The first kappa shape index (κ1) is 15.2. The van der Waals surface area contributed by atoms with E-state index in [1.165, 1.54) is 25.3 Å². The Hall–Kier alpha value is -2.15. The number of non-ortho nitro benzene ring substituents is 1. The van der Waals surface area contributed by atoms with Crippen molar-refractivity contribution in [3.05, 3.63) is 28.3 Å². The van der Waals surface area contributed by atoms with Gasteiger partial charge in [-0.25, -0.2) is 0 Å². The second kappa shape index (κ2) is 6.09. The molecule has 0 bridgehead atoms. The number of rotatable bonds is 4. The molecule has 0 saturated carbocycles. The molecule has 0 aliphatic carbocycles. The zero-order valence-electron chi connectivity index (χ0n) is 12.1. The molecule has 0 aromatic heterocycles. The maximum Gasteiger partial charge on any atom is 0.273 e. The number of nitro benzene ring substituents is 1. The van der Waals surface area contributed by atoms with Crippen LogP contribution in [0, 0.1) is 10.1 Å². The van der Waals surface area contributed by atoms with Gasteiger partial charge in [-0.3, -0.25) is 14.9 Å². The van der Waals surface area contributed by atoms with Gasteiger partial charge in [0.25, 0.3) is 5.69 Å². The van der Waals surface area contributed by atoms with Crippen molar-refractivity contribution in [2.45, 2.75) is 31.7 Å². The molecule has 1 heterocycles. The molecule has 0 spiro atoms. The van der Waals surface area contributed by atoms with Crippen molar-refractivity contribution in [1.82, 2.24) is 5.32 Å². The number of ether oxygens (including phenoxy) is 1. The molecule has 7 heteroatoms. The van der Waals surface area contributed by atoms with Crippen molar-refractivity contribution in [2.24, 2.45) is 0 Å². The van der Waals surface area contributed by atoms with E-state index >= 15 is 0 Å². The number of hydrogen-bond acceptors (Lipinski definition) is 5. The highest BCUT2D eigenvalue weighted by atomic mass is 16.6. The zero-order chi connectivity index (χ0) is 15.5. The van der Waals surface area contributed by atoms with Crippen LogP contribution >= 0.6 is 0 Å². The van der Waals surface area contributed by atoms with Gasteiger partial charge < -0.3 is 15.4 Å². The highest BCUT2D eigenvalue weighted by Crippen LogP contribution is 2.30. The van der Waals surface area contributed by atoms with Gasteiger partial charge in [-0.15, -0.1) is 0 Å². The van der Waals surface area contributed by atoms with Gasteiger partial charge in [0.15, 0.2) is 0 Å². The minimum absolute atomic E-state index is 0.0770. The van der Waals surface area contributed by atoms with Crippen molar-refractivity contribution < 1.29 is 14.5 Å². The van der Waals surface area contributed by atoms with Crippen molar-refractivity contribution >= 4 is 17.3 Å². The molecule has 7 nitrogen and oxygen atoms in total. The molecule has 1 aliphatic heterocycles. The summed E-state index contributed by atoms with van der Waals surface area (Å²) in [6.07, 6.45) is 2.81. The monoisotopic (exact) mass is 293 g/mol. The molecular weight excluding hydrogens is 274 g/mol. The van der Waals surface area contributed by atoms with Crippen LogP contribution in [-0.2, 0) is 4.79 Å². The first-order valence-corrected chi connectivity index (χ1v) is 6.85. The predicted molar refractivity (Wildman–Crippen MR) is 78.5 cm³/mol. The third-order valence-corrected chi connectivity index (χ3v) is 3.76.